The molecule has 212 valence electrons. The molecule has 11 heteroatoms. The van der Waals surface area contributed by atoms with E-state index < -0.39 is 34.3 Å². The minimum Gasteiger partial charge on any atom is -0.486 e. The first-order chi connectivity index (χ1) is 19.1. The van der Waals surface area contributed by atoms with Crippen molar-refractivity contribution in [3.63, 3.8) is 0 Å². The molecule has 4 rings (SSSR count). The third kappa shape index (κ3) is 6.71. The standard InChI is InChI=1S/C29H32FN3O6S/c1-20(2)31-29(35)21(3)32(18-22-7-5-4-6-8-22)28(34)19-33(24-11-9-23(30)10-12-24)40(36,37)25-13-14-26-27(17-25)39-16-15-38-26/h4-14,17,20-21H,15-16,18-19H2,1-3H3,(H,31,35). The summed E-state index contributed by atoms with van der Waals surface area (Å²) in [6, 6.07) is 17.0. The SMILES string of the molecule is CC(C)NC(=O)C(C)N(Cc1ccccc1)C(=O)CN(c1ccc(F)cc1)S(=O)(=O)c1ccc2c(c1)OCCO2. The number of ether oxygens (including phenoxy) is 2. The lowest BCUT2D eigenvalue weighted by molar-refractivity contribution is -0.139. The normalized spacial score (nSPS) is 13.4. The molecule has 3 aromatic carbocycles. The molecule has 0 bridgehead atoms. The topological polar surface area (TPSA) is 105 Å². The second-order valence-corrected chi connectivity index (χ2v) is 11.5. The van der Waals surface area contributed by atoms with E-state index in [-0.39, 0.29) is 41.4 Å². The van der Waals surface area contributed by atoms with Crippen LogP contribution in [0.1, 0.15) is 26.3 Å². The van der Waals surface area contributed by atoms with Crippen LogP contribution in [0.15, 0.2) is 77.7 Å². The number of hydrogen-bond acceptors (Lipinski definition) is 6. The number of amides is 2. The Balaban J connectivity index is 1.71. The highest BCUT2D eigenvalue weighted by Crippen LogP contribution is 2.34. The van der Waals surface area contributed by atoms with E-state index in [0.717, 1.165) is 22.0 Å². The fourth-order valence-electron chi connectivity index (χ4n) is 4.22. The summed E-state index contributed by atoms with van der Waals surface area (Å²) < 4.78 is 53.7. The molecular formula is C29H32FN3O6S. The number of hydrogen-bond donors (Lipinski definition) is 1. The lowest BCUT2D eigenvalue weighted by atomic mass is 10.1. The van der Waals surface area contributed by atoms with Gasteiger partial charge < -0.3 is 19.7 Å². The van der Waals surface area contributed by atoms with Crippen LogP contribution < -0.4 is 19.1 Å². The van der Waals surface area contributed by atoms with Crippen molar-refractivity contribution in [2.75, 3.05) is 24.1 Å². The Bertz CT molecular complexity index is 1450. The molecule has 0 radical (unpaired) electrons. The molecule has 40 heavy (non-hydrogen) atoms. The zero-order chi connectivity index (χ0) is 28.9. The van der Waals surface area contributed by atoms with E-state index >= 15 is 0 Å². The molecule has 0 saturated carbocycles. The van der Waals surface area contributed by atoms with Crippen LogP contribution in [-0.2, 0) is 26.2 Å². The van der Waals surface area contributed by atoms with Crippen molar-refractivity contribution in [1.82, 2.24) is 10.2 Å². The van der Waals surface area contributed by atoms with Crippen LogP contribution in [0.4, 0.5) is 10.1 Å². The van der Waals surface area contributed by atoms with Crippen molar-refractivity contribution in [2.24, 2.45) is 0 Å². The predicted octanol–water partition coefficient (Wildman–Crippen LogP) is 3.73. The maximum absolute atomic E-state index is 14.0. The maximum Gasteiger partial charge on any atom is 0.264 e. The third-order valence-electron chi connectivity index (χ3n) is 6.29. The second-order valence-electron chi connectivity index (χ2n) is 9.64. The van der Waals surface area contributed by atoms with E-state index in [1.54, 1.807) is 6.92 Å². The van der Waals surface area contributed by atoms with E-state index in [0.29, 0.717) is 12.4 Å². The van der Waals surface area contributed by atoms with Gasteiger partial charge in [-0.15, -0.1) is 0 Å². The Morgan fingerprint density at radius 1 is 0.925 bits per heavy atom. The fourth-order valence-corrected chi connectivity index (χ4v) is 5.65. The maximum atomic E-state index is 14.0. The number of nitrogens with zero attached hydrogens (tertiary/aromatic N) is 2. The zero-order valence-corrected chi connectivity index (χ0v) is 23.4. The summed E-state index contributed by atoms with van der Waals surface area (Å²) in [5.74, 6) is -0.865. The first kappa shape index (κ1) is 28.9. The molecule has 1 aliphatic rings. The Morgan fingerprint density at radius 3 is 2.23 bits per heavy atom. The van der Waals surface area contributed by atoms with Crippen molar-refractivity contribution in [2.45, 2.75) is 44.3 Å². The summed E-state index contributed by atoms with van der Waals surface area (Å²) in [4.78, 5) is 28.0. The molecule has 0 spiro atoms. The number of nitrogens with one attached hydrogen (secondary N) is 1. The number of fused-ring (bicyclic) bond motifs is 1. The van der Waals surface area contributed by atoms with E-state index in [4.69, 9.17) is 9.47 Å². The number of rotatable bonds is 10. The zero-order valence-electron chi connectivity index (χ0n) is 22.5. The van der Waals surface area contributed by atoms with Gasteiger partial charge in [-0.1, -0.05) is 30.3 Å². The van der Waals surface area contributed by atoms with Crippen molar-refractivity contribution in [3.8, 4) is 11.5 Å². The number of halogens is 1. The Hall–Kier alpha value is -4.12. The number of sulfonamides is 1. The molecule has 9 nitrogen and oxygen atoms in total. The fraction of sp³-hybridized carbons (Fsp3) is 0.310. The molecule has 0 fully saturated rings. The summed E-state index contributed by atoms with van der Waals surface area (Å²) in [5.41, 5.74) is 0.853. The van der Waals surface area contributed by atoms with Crippen LogP contribution in [-0.4, -0.2) is 57.0 Å². The summed E-state index contributed by atoms with van der Waals surface area (Å²) in [6.45, 7) is 5.27. The van der Waals surface area contributed by atoms with Gasteiger partial charge in [0.25, 0.3) is 10.0 Å². The van der Waals surface area contributed by atoms with Crippen LogP contribution in [0.5, 0.6) is 11.5 Å². The van der Waals surface area contributed by atoms with Gasteiger partial charge >= 0.3 is 0 Å². The lowest BCUT2D eigenvalue weighted by Crippen LogP contribution is -2.52. The van der Waals surface area contributed by atoms with Gasteiger partial charge in [0.15, 0.2) is 11.5 Å². The molecule has 3 aromatic rings. The minimum absolute atomic E-state index is 0.0771. The number of carbonyl (C=O) groups is 2. The van der Waals surface area contributed by atoms with Crippen molar-refractivity contribution < 1.29 is 31.9 Å². The highest BCUT2D eigenvalue weighted by molar-refractivity contribution is 7.92. The van der Waals surface area contributed by atoms with E-state index in [9.17, 15) is 22.4 Å². The average Bonchev–Trinajstić information content (AvgIpc) is 2.94. The summed E-state index contributed by atoms with van der Waals surface area (Å²) in [5, 5.41) is 2.81. The number of carbonyl (C=O) groups excluding carboxylic acids is 2. The average molecular weight is 570 g/mol. The Kier molecular flexibility index (Phi) is 8.93. The molecule has 0 aromatic heterocycles. The number of benzene rings is 3. The molecule has 1 heterocycles. The molecule has 1 aliphatic heterocycles. The van der Waals surface area contributed by atoms with Crippen LogP contribution in [0.25, 0.3) is 0 Å². The summed E-state index contributed by atoms with van der Waals surface area (Å²) in [7, 11) is -4.34. The van der Waals surface area contributed by atoms with Gasteiger partial charge in [-0.25, -0.2) is 12.8 Å². The highest BCUT2D eigenvalue weighted by Gasteiger charge is 2.33. The first-order valence-electron chi connectivity index (χ1n) is 12.9. The largest absolute Gasteiger partial charge is 0.486 e. The number of anilines is 1. The van der Waals surface area contributed by atoms with Crippen molar-refractivity contribution >= 4 is 27.5 Å². The predicted molar refractivity (Wildman–Crippen MR) is 148 cm³/mol. The van der Waals surface area contributed by atoms with Crippen molar-refractivity contribution in [1.29, 1.82) is 0 Å². The van der Waals surface area contributed by atoms with Gasteiger partial charge in [0.05, 0.1) is 10.6 Å². The van der Waals surface area contributed by atoms with Gasteiger partial charge in [-0.2, -0.15) is 0 Å². The Labute approximate surface area is 233 Å². The second kappa shape index (κ2) is 12.4. The third-order valence-corrected chi connectivity index (χ3v) is 8.06. The first-order valence-corrected chi connectivity index (χ1v) is 14.3. The van der Waals surface area contributed by atoms with E-state index in [1.807, 2.05) is 44.2 Å². The van der Waals surface area contributed by atoms with Crippen LogP contribution in [0.3, 0.4) is 0 Å². The monoisotopic (exact) mass is 569 g/mol. The van der Waals surface area contributed by atoms with E-state index in [2.05, 4.69) is 5.32 Å². The van der Waals surface area contributed by atoms with Gasteiger partial charge in [0, 0.05) is 18.7 Å². The molecule has 0 aliphatic carbocycles. The molecule has 1 N–H and O–H groups in total. The van der Waals surface area contributed by atoms with Gasteiger partial charge in [-0.05, 0) is 62.7 Å². The quantitative estimate of drug-likeness (QED) is 0.399. The molecule has 1 atom stereocenters. The molecule has 1 unspecified atom stereocenters. The summed E-state index contributed by atoms with van der Waals surface area (Å²) >= 11 is 0. The van der Waals surface area contributed by atoms with Crippen LogP contribution in [0, 0.1) is 5.82 Å². The van der Waals surface area contributed by atoms with Crippen LogP contribution in [0.2, 0.25) is 0 Å². The molecule has 2 amide bonds. The lowest BCUT2D eigenvalue weighted by Gasteiger charge is -2.32. The van der Waals surface area contributed by atoms with Gasteiger partial charge in [0.2, 0.25) is 11.8 Å². The van der Waals surface area contributed by atoms with E-state index in [1.165, 1.54) is 35.2 Å². The van der Waals surface area contributed by atoms with Gasteiger partial charge in [-0.3, -0.25) is 13.9 Å². The smallest absolute Gasteiger partial charge is 0.264 e. The summed E-state index contributed by atoms with van der Waals surface area (Å²) in [6.07, 6.45) is 0. The van der Waals surface area contributed by atoms with Crippen LogP contribution >= 0.6 is 0 Å². The Morgan fingerprint density at radius 2 is 1.57 bits per heavy atom. The highest BCUT2D eigenvalue weighted by atomic mass is 32.2. The minimum atomic E-state index is -4.34. The molecular weight excluding hydrogens is 537 g/mol. The van der Waals surface area contributed by atoms with Crippen molar-refractivity contribution in [3.05, 3.63) is 84.2 Å². The molecule has 0 saturated heterocycles. The van der Waals surface area contributed by atoms with Gasteiger partial charge in [0.1, 0.15) is 31.6 Å².